The predicted octanol–water partition coefficient (Wildman–Crippen LogP) is 6.59. The van der Waals surface area contributed by atoms with Crippen molar-refractivity contribution in [2.24, 2.45) is 21.1 Å². The first kappa shape index (κ1) is 51.0. The number of nitrogen functional groups attached to an aromatic ring is 1. The first-order chi connectivity index (χ1) is 33.5. The van der Waals surface area contributed by atoms with E-state index in [0.717, 1.165) is 33.1 Å². The fraction of sp³-hybridized carbons (Fsp3) is 0.200. The topological polar surface area (TPSA) is 213 Å². The van der Waals surface area contributed by atoms with Crippen LogP contribution in [0, 0.1) is 0 Å². The van der Waals surface area contributed by atoms with Gasteiger partial charge in [-0.1, -0.05) is 0 Å². The van der Waals surface area contributed by atoms with E-state index < -0.39 is 69.4 Å². The maximum Gasteiger partial charge on any atom is 0.431 e. The van der Waals surface area contributed by atoms with E-state index in [1.54, 1.807) is 49.5 Å². The molecule has 0 saturated carbocycles. The molecule has 3 aromatic carbocycles. The number of alkyl halides is 9. The van der Waals surface area contributed by atoms with Gasteiger partial charge in [0.1, 0.15) is 69.7 Å². The summed E-state index contributed by atoms with van der Waals surface area (Å²) in [5.41, 5.74) is -1.66. The molecule has 3 N–H and O–H groups in total. The van der Waals surface area contributed by atoms with Crippen LogP contribution in [0.2, 0.25) is 0 Å². The van der Waals surface area contributed by atoms with Gasteiger partial charge >= 0.3 is 35.6 Å². The van der Waals surface area contributed by atoms with Crippen LogP contribution in [-0.2, 0) is 39.7 Å². The first-order valence-electron chi connectivity index (χ1n) is 20.4. The lowest BCUT2D eigenvalue weighted by atomic mass is 10.2. The number of anilines is 3. The number of aromatic nitrogens is 6. The van der Waals surface area contributed by atoms with Crippen molar-refractivity contribution in [1.82, 2.24) is 27.4 Å². The molecule has 0 aliphatic heterocycles. The summed E-state index contributed by atoms with van der Waals surface area (Å²) in [5.74, 6) is 0. The van der Waals surface area contributed by atoms with E-state index in [4.69, 9.17) is 19.0 Å². The molecule has 27 heteroatoms. The van der Waals surface area contributed by atoms with Gasteiger partial charge in [0.15, 0.2) is 0 Å². The summed E-state index contributed by atoms with van der Waals surface area (Å²) < 4.78 is 135. The molecule has 6 heterocycles. The third-order valence-electron chi connectivity index (χ3n) is 11.0. The Labute approximate surface area is 394 Å². The Balaban J connectivity index is 0.000000159. The number of furan rings is 3. The van der Waals surface area contributed by atoms with Gasteiger partial charge in [-0.25, -0.2) is 28.1 Å². The molecule has 0 aliphatic carbocycles. The molecular formula is C45H36F9N9O9. The van der Waals surface area contributed by atoms with Gasteiger partial charge in [-0.15, -0.1) is 0 Å². The number of nitrogens with one attached hydrogen (secondary N) is 1. The van der Waals surface area contributed by atoms with Crippen LogP contribution < -0.4 is 49.7 Å². The van der Waals surface area contributed by atoms with E-state index in [2.05, 4.69) is 5.32 Å². The van der Waals surface area contributed by atoms with Gasteiger partial charge in [-0.2, -0.15) is 39.5 Å². The molecule has 0 fully saturated rings. The van der Waals surface area contributed by atoms with E-state index in [9.17, 15) is 68.3 Å². The van der Waals surface area contributed by atoms with E-state index in [1.165, 1.54) is 24.7 Å². The van der Waals surface area contributed by atoms with Gasteiger partial charge in [-0.3, -0.25) is 28.1 Å². The van der Waals surface area contributed by atoms with Crippen molar-refractivity contribution in [3.63, 3.8) is 0 Å². The van der Waals surface area contributed by atoms with Gasteiger partial charge in [0.25, 0.3) is 16.7 Å². The lowest BCUT2D eigenvalue weighted by Gasteiger charge is -2.14. The van der Waals surface area contributed by atoms with Crippen LogP contribution in [0.4, 0.5) is 56.6 Å². The Kier molecular flexibility index (Phi) is 13.1. The summed E-state index contributed by atoms with van der Waals surface area (Å²) in [6, 6.07) is 15.8. The van der Waals surface area contributed by atoms with Gasteiger partial charge in [-0.05, 0) is 54.6 Å². The van der Waals surface area contributed by atoms with Crippen LogP contribution in [0.1, 0.15) is 17.1 Å². The van der Waals surface area contributed by atoms with Crippen molar-refractivity contribution in [3.05, 3.63) is 171 Å². The molecule has 0 atom stereocenters. The lowest BCUT2D eigenvalue weighted by Crippen LogP contribution is -2.40. The largest absolute Gasteiger partial charge is 0.462 e. The van der Waals surface area contributed by atoms with Crippen molar-refractivity contribution in [1.29, 1.82) is 0 Å². The Morgan fingerprint density at radius 3 is 1.17 bits per heavy atom. The molecule has 72 heavy (non-hydrogen) atoms. The second kappa shape index (κ2) is 18.4. The third kappa shape index (κ3) is 9.41. The number of nitrogens with zero attached hydrogens (tertiary/aromatic N) is 7. The minimum absolute atomic E-state index is 0.0339. The number of nitrogens with two attached hydrogens (primary N) is 1. The molecule has 0 bridgehead atoms. The van der Waals surface area contributed by atoms with E-state index in [1.807, 2.05) is 19.0 Å². The van der Waals surface area contributed by atoms with Crippen molar-refractivity contribution < 1.29 is 52.8 Å². The molecule has 6 aromatic heterocycles. The first-order valence-corrected chi connectivity index (χ1v) is 20.4. The molecule has 0 aliphatic rings. The highest BCUT2D eigenvalue weighted by molar-refractivity contribution is 5.90. The molecular weight excluding hydrogens is 982 g/mol. The maximum atomic E-state index is 12.9. The average Bonchev–Trinajstić information content (AvgIpc) is 4.04. The number of benzene rings is 3. The molecule has 0 amide bonds. The van der Waals surface area contributed by atoms with E-state index in [0.29, 0.717) is 89.9 Å². The Morgan fingerprint density at radius 2 is 0.819 bits per heavy atom. The Bertz CT molecular complexity index is 3950. The minimum atomic E-state index is -4.81. The molecule has 0 radical (unpaired) electrons. The summed E-state index contributed by atoms with van der Waals surface area (Å²) >= 11 is 0. The van der Waals surface area contributed by atoms with E-state index in [-0.39, 0.29) is 17.1 Å². The Hall–Kier alpha value is -8.91. The smallest absolute Gasteiger partial charge is 0.431 e. The molecule has 9 rings (SSSR count). The maximum absolute atomic E-state index is 12.9. The van der Waals surface area contributed by atoms with E-state index >= 15 is 0 Å². The number of hydrogen-bond acceptors (Lipinski definition) is 12. The van der Waals surface area contributed by atoms with Gasteiger partial charge in [0.2, 0.25) is 0 Å². The van der Waals surface area contributed by atoms with Crippen molar-refractivity contribution in [2.45, 2.75) is 18.5 Å². The van der Waals surface area contributed by atoms with Crippen molar-refractivity contribution in [3.8, 4) is 17.1 Å². The SMILES string of the molecule is CN(C)c1ccc2occ(-n3c(=O)cc(C(F)(F)F)n(C)c3=O)c2c1.CNc1ccc2occ(-n3c(=O)cc(C(F)(F)F)n(C)c3=O)c2c1.Cn1c(C(F)(F)F)cc(=O)n(-c2coc3ccc(N)cc23)c1=O. The van der Waals surface area contributed by atoms with Crippen molar-refractivity contribution in [2.75, 3.05) is 37.1 Å². The lowest BCUT2D eigenvalue weighted by molar-refractivity contribution is -0.144. The third-order valence-corrected chi connectivity index (χ3v) is 11.0. The molecule has 0 saturated heterocycles. The second-order valence-corrected chi connectivity index (χ2v) is 15.8. The van der Waals surface area contributed by atoms with Crippen LogP contribution in [0.3, 0.4) is 0 Å². The number of hydrogen-bond donors (Lipinski definition) is 2. The summed E-state index contributed by atoms with van der Waals surface area (Å²) in [5, 5.41) is 4.13. The zero-order valence-corrected chi connectivity index (χ0v) is 37.9. The molecule has 18 nitrogen and oxygen atoms in total. The van der Waals surface area contributed by atoms with Crippen LogP contribution >= 0.6 is 0 Å². The zero-order chi connectivity index (χ0) is 53.1. The average molecular weight is 1020 g/mol. The van der Waals surface area contributed by atoms with Crippen molar-refractivity contribution >= 4 is 50.0 Å². The minimum Gasteiger partial charge on any atom is -0.462 e. The van der Waals surface area contributed by atoms with Gasteiger partial charge in [0.05, 0.1) is 0 Å². The highest BCUT2D eigenvalue weighted by Crippen LogP contribution is 2.32. The summed E-state index contributed by atoms with van der Waals surface area (Å²) in [4.78, 5) is 75.2. The summed E-state index contributed by atoms with van der Waals surface area (Å²) in [7, 11) is 8.17. The molecule has 0 spiro atoms. The quantitative estimate of drug-likeness (QED) is 0.138. The molecule has 9 aromatic rings. The molecule has 0 unspecified atom stereocenters. The van der Waals surface area contributed by atoms with Gasteiger partial charge < -0.3 is 29.2 Å². The zero-order valence-electron chi connectivity index (χ0n) is 37.9. The summed E-state index contributed by atoms with van der Waals surface area (Å²) in [6.07, 6.45) is -10.9. The second-order valence-electron chi connectivity index (χ2n) is 15.8. The van der Waals surface area contributed by atoms with Crippen LogP contribution in [0.15, 0.2) is 134 Å². The highest BCUT2D eigenvalue weighted by atomic mass is 19.4. The normalized spacial score (nSPS) is 11.9. The summed E-state index contributed by atoms with van der Waals surface area (Å²) in [6.45, 7) is 0. The van der Waals surface area contributed by atoms with Gasteiger partial charge in [0, 0.05) is 93.7 Å². The van der Waals surface area contributed by atoms with Crippen LogP contribution in [0.5, 0.6) is 0 Å². The van der Waals surface area contributed by atoms with Crippen LogP contribution in [-0.4, -0.2) is 48.5 Å². The Morgan fingerprint density at radius 1 is 0.486 bits per heavy atom. The number of fused-ring (bicyclic) bond motifs is 3. The molecule has 378 valence electrons. The predicted molar refractivity (Wildman–Crippen MR) is 244 cm³/mol. The standard InChI is InChI=1S/C16H14F3N3O3.C15H12F3N3O3.C14H10F3N3O3/c1-20(2)9-4-5-12-10(6-9)11(8-25-12)22-14(23)7-13(16(17,18)19)21(3)15(22)24;1-19-8-3-4-11-9(5-8)10(7-24-11)21-13(22)6-12(15(16,17)18)20(2)14(21)23;1-19-11(14(15,16)17)5-12(21)20(13(19)22)9-6-23-10-3-2-7(18)4-8(9)10/h4-8H,1-3H3;3-7,19H,1-2H3;2-6H,18H2,1H3. The highest BCUT2D eigenvalue weighted by Gasteiger charge is 2.37. The monoisotopic (exact) mass is 1020 g/mol. The van der Waals surface area contributed by atoms with Crippen LogP contribution in [0.25, 0.3) is 50.0 Å². The fourth-order valence-electron chi connectivity index (χ4n) is 7.36. The fourth-order valence-corrected chi connectivity index (χ4v) is 7.36. The number of rotatable bonds is 5. The number of halogens is 9.